The Morgan fingerprint density at radius 2 is 2.12 bits per heavy atom. The van der Waals surface area contributed by atoms with Crippen LogP contribution in [0.2, 0.25) is 5.02 Å². The zero-order valence-corrected chi connectivity index (χ0v) is 9.25. The van der Waals surface area contributed by atoms with E-state index in [1.54, 1.807) is 0 Å². The number of halogens is 1. The van der Waals surface area contributed by atoms with Gasteiger partial charge in [0.05, 0.1) is 30.3 Å². The van der Waals surface area contributed by atoms with Crippen LogP contribution in [-0.2, 0) is 6.54 Å². The van der Waals surface area contributed by atoms with Crippen molar-refractivity contribution < 1.29 is 19.8 Å². The molecule has 0 spiro atoms. The Balaban J connectivity index is 2.51. The van der Waals surface area contributed by atoms with Gasteiger partial charge in [-0.1, -0.05) is 11.6 Å². The molecule has 6 heteroatoms. The summed E-state index contributed by atoms with van der Waals surface area (Å²) in [5.74, 6) is 0.818. The van der Waals surface area contributed by atoms with Gasteiger partial charge in [-0.3, -0.25) is 0 Å². The van der Waals surface area contributed by atoms with Crippen molar-refractivity contribution in [2.75, 3.05) is 13.2 Å². The lowest BCUT2D eigenvalue weighted by molar-refractivity contribution is 0.158. The van der Waals surface area contributed by atoms with Crippen molar-refractivity contribution in [2.45, 2.75) is 13.0 Å². The van der Waals surface area contributed by atoms with Gasteiger partial charge in [-0.05, 0) is 0 Å². The number of benzene rings is 1. The molecule has 0 fully saturated rings. The minimum atomic E-state index is -0.104. The maximum absolute atomic E-state index is 9.76. The molecule has 0 atom stereocenters. The molecular formula is C10H12ClNO4. The van der Waals surface area contributed by atoms with Crippen LogP contribution in [-0.4, -0.2) is 23.5 Å². The highest BCUT2D eigenvalue weighted by molar-refractivity contribution is 6.32. The van der Waals surface area contributed by atoms with Gasteiger partial charge in [-0.2, -0.15) is 0 Å². The summed E-state index contributed by atoms with van der Waals surface area (Å²) < 4.78 is 10.9. The van der Waals surface area contributed by atoms with Crippen LogP contribution >= 0.6 is 11.6 Å². The van der Waals surface area contributed by atoms with Crippen LogP contribution in [0, 0.1) is 0 Å². The Morgan fingerprint density at radius 3 is 2.88 bits per heavy atom. The summed E-state index contributed by atoms with van der Waals surface area (Å²) in [6, 6.07) is 1.51. The van der Waals surface area contributed by atoms with Crippen LogP contribution in [0.3, 0.4) is 0 Å². The molecule has 5 nitrogen and oxygen atoms in total. The van der Waals surface area contributed by atoms with Crippen LogP contribution in [0.1, 0.15) is 12.0 Å². The molecule has 0 saturated carbocycles. The molecule has 2 rings (SSSR count). The molecule has 1 aromatic carbocycles. The monoisotopic (exact) mass is 245 g/mol. The van der Waals surface area contributed by atoms with Crippen molar-refractivity contribution in [3.8, 4) is 17.2 Å². The number of fused-ring (bicyclic) bond motifs is 1. The van der Waals surface area contributed by atoms with E-state index in [-0.39, 0.29) is 17.3 Å². The molecule has 88 valence electrons. The average Bonchev–Trinajstić information content (AvgIpc) is 2.50. The van der Waals surface area contributed by atoms with E-state index in [0.717, 1.165) is 6.42 Å². The van der Waals surface area contributed by atoms with Gasteiger partial charge < -0.3 is 19.8 Å². The maximum Gasteiger partial charge on any atom is 0.169 e. The van der Waals surface area contributed by atoms with Gasteiger partial charge in [0, 0.05) is 12.5 Å². The van der Waals surface area contributed by atoms with Crippen LogP contribution in [0.15, 0.2) is 6.07 Å². The number of aromatic hydroxyl groups is 1. The minimum Gasteiger partial charge on any atom is -0.506 e. The highest BCUT2D eigenvalue weighted by Crippen LogP contribution is 2.43. The van der Waals surface area contributed by atoms with Crippen molar-refractivity contribution in [1.82, 2.24) is 5.48 Å². The summed E-state index contributed by atoms with van der Waals surface area (Å²) >= 11 is 5.84. The highest BCUT2D eigenvalue weighted by atomic mass is 35.5. The fourth-order valence-corrected chi connectivity index (χ4v) is 1.79. The van der Waals surface area contributed by atoms with Crippen molar-refractivity contribution in [3.05, 3.63) is 16.7 Å². The predicted molar refractivity (Wildman–Crippen MR) is 57.4 cm³/mol. The summed E-state index contributed by atoms with van der Waals surface area (Å²) in [5, 5.41) is 18.6. The number of rotatable bonds is 2. The van der Waals surface area contributed by atoms with E-state index in [1.165, 1.54) is 6.07 Å². The zero-order chi connectivity index (χ0) is 11.5. The number of phenols is 1. The molecule has 1 heterocycles. The number of nitrogens with one attached hydrogen (secondary N) is 1. The second kappa shape index (κ2) is 4.78. The number of hydroxylamine groups is 1. The van der Waals surface area contributed by atoms with Gasteiger partial charge in [-0.15, -0.1) is 0 Å². The lowest BCUT2D eigenvalue weighted by Gasteiger charge is -2.14. The molecule has 0 aromatic heterocycles. The van der Waals surface area contributed by atoms with Gasteiger partial charge in [0.2, 0.25) is 0 Å². The third-order valence-corrected chi connectivity index (χ3v) is 2.60. The Hall–Kier alpha value is -1.17. The van der Waals surface area contributed by atoms with Crippen LogP contribution in [0.5, 0.6) is 17.2 Å². The van der Waals surface area contributed by atoms with E-state index in [4.69, 9.17) is 26.3 Å². The van der Waals surface area contributed by atoms with Crippen molar-refractivity contribution in [2.24, 2.45) is 0 Å². The molecule has 0 amide bonds. The van der Waals surface area contributed by atoms with E-state index in [1.807, 2.05) is 5.48 Å². The van der Waals surface area contributed by atoms with Gasteiger partial charge in [0.25, 0.3) is 0 Å². The van der Waals surface area contributed by atoms with Crippen LogP contribution in [0.25, 0.3) is 0 Å². The first-order valence-corrected chi connectivity index (χ1v) is 5.28. The van der Waals surface area contributed by atoms with Crippen LogP contribution in [0.4, 0.5) is 0 Å². The minimum absolute atomic E-state index is 0.0398. The second-order valence-electron chi connectivity index (χ2n) is 3.40. The zero-order valence-electron chi connectivity index (χ0n) is 8.49. The highest BCUT2D eigenvalue weighted by Gasteiger charge is 2.20. The van der Waals surface area contributed by atoms with Crippen molar-refractivity contribution in [3.63, 3.8) is 0 Å². The molecule has 1 aliphatic rings. The normalized spacial score (nSPS) is 14.6. The molecule has 0 radical (unpaired) electrons. The van der Waals surface area contributed by atoms with Gasteiger partial charge in [0.15, 0.2) is 11.5 Å². The molecular weight excluding hydrogens is 234 g/mol. The van der Waals surface area contributed by atoms with Crippen LogP contribution < -0.4 is 15.0 Å². The van der Waals surface area contributed by atoms with E-state index in [0.29, 0.717) is 30.3 Å². The molecule has 1 aliphatic heterocycles. The number of hydrogen-bond donors (Lipinski definition) is 3. The van der Waals surface area contributed by atoms with E-state index in [2.05, 4.69) is 0 Å². The van der Waals surface area contributed by atoms with Gasteiger partial charge in [0.1, 0.15) is 5.75 Å². The van der Waals surface area contributed by atoms with Crippen molar-refractivity contribution >= 4 is 11.6 Å². The first-order chi connectivity index (χ1) is 7.74. The van der Waals surface area contributed by atoms with E-state index >= 15 is 0 Å². The summed E-state index contributed by atoms with van der Waals surface area (Å²) in [7, 11) is 0. The van der Waals surface area contributed by atoms with E-state index < -0.39 is 0 Å². The van der Waals surface area contributed by atoms with Gasteiger partial charge in [-0.25, -0.2) is 5.48 Å². The number of hydrogen-bond acceptors (Lipinski definition) is 5. The van der Waals surface area contributed by atoms with E-state index in [9.17, 15) is 5.11 Å². The quantitative estimate of drug-likeness (QED) is 0.692. The largest absolute Gasteiger partial charge is 0.506 e. The number of ether oxygens (including phenoxy) is 2. The molecule has 0 saturated heterocycles. The smallest absolute Gasteiger partial charge is 0.169 e. The summed E-state index contributed by atoms with van der Waals surface area (Å²) in [6.07, 6.45) is 0.763. The predicted octanol–water partition coefficient (Wildman–Crippen LogP) is 1.69. The van der Waals surface area contributed by atoms with Crippen molar-refractivity contribution in [1.29, 1.82) is 0 Å². The third kappa shape index (κ3) is 2.02. The molecule has 0 aliphatic carbocycles. The number of phenolic OH excluding ortho intramolecular Hbond substituents is 1. The molecule has 16 heavy (non-hydrogen) atoms. The summed E-state index contributed by atoms with van der Waals surface area (Å²) in [5.41, 5.74) is 2.36. The lowest BCUT2D eigenvalue weighted by Crippen LogP contribution is -2.09. The summed E-state index contributed by atoms with van der Waals surface area (Å²) in [4.78, 5) is 0. The first-order valence-electron chi connectivity index (χ1n) is 4.91. The molecule has 3 N–H and O–H groups in total. The second-order valence-corrected chi connectivity index (χ2v) is 3.81. The third-order valence-electron chi connectivity index (χ3n) is 2.32. The lowest BCUT2D eigenvalue weighted by atomic mass is 10.1. The Bertz CT molecular complexity index is 397. The Labute approximate surface area is 97.5 Å². The SMILES string of the molecule is ONCc1c(O)c(Cl)cc2c1OCCCO2. The van der Waals surface area contributed by atoms with Gasteiger partial charge >= 0.3 is 0 Å². The standard InChI is InChI=1S/C10H12ClNO4/c11-7-4-8-10(16-3-1-2-15-8)6(5-12-14)9(7)13/h4,12-14H,1-3,5H2. The maximum atomic E-state index is 9.76. The molecule has 1 aromatic rings. The fraction of sp³-hybridized carbons (Fsp3) is 0.400. The fourth-order valence-electron chi connectivity index (χ4n) is 1.57. The Morgan fingerprint density at radius 1 is 1.38 bits per heavy atom. The summed E-state index contributed by atoms with van der Waals surface area (Å²) in [6.45, 7) is 1.09. The topological polar surface area (TPSA) is 71.0 Å². The average molecular weight is 246 g/mol. The Kier molecular flexibility index (Phi) is 3.38. The molecule has 0 bridgehead atoms. The molecule has 0 unspecified atom stereocenters. The first kappa shape index (κ1) is 11.3.